The van der Waals surface area contributed by atoms with Crippen LogP contribution in [0.2, 0.25) is 0 Å². The molecule has 4 nitrogen and oxygen atoms in total. The Balaban J connectivity index is 1.41. The number of aromatic nitrogens is 2. The van der Waals surface area contributed by atoms with Gasteiger partial charge in [0.1, 0.15) is 11.6 Å². The van der Waals surface area contributed by atoms with Gasteiger partial charge in [-0.2, -0.15) is 0 Å². The third kappa shape index (κ3) is 5.63. The van der Waals surface area contributed by atoms with Crippen molar-refractivity contribution >= 4 is 22.6 Å². The smallest absolute Gasteiger partial charge is 0.227 e. The quantitative estimate of drug-likeness (QED) is 0.274. The molecule has 176 valence electrons. The summed E-state index contributed by atoms with van der Waals surface area (Å²) in [4.78, 5) is 19.3. The van der Waals surface area contributed by atoms with Crippen LogP contribution in [0.5, 0.6) is 0 Å². The lowest BCUT2D eigenvalue weighted by Crippen LogP contribution is -2.25. The van der Waals surface area contributed by atoms with Gasteiger partial charge in [-0.3, -0.25) is 4.79 Å². The maximum Gasteiger partial charge on any atom is 0.227 e. The Kier molecular flexibility index (Phi) is 8.14. The summed E-state index contributed by atoms with van der Waals surface area (Å²) in [5.41, 5.74) is 2.47. The van der Waals surface area contributed by atoms with Crippen LogP contribution in [0.15, 0.2) is 48.5 Å². The molecule has 3 aromatic rings. The average molecular weight is 450 g/mol. The number of carbonyl (C=O) groups is 1. The van der Waals surface area contributed by atoms with E-state index in [-0.39, 0.29) is 17.6 Å². The standard InChI is InChI=1S/C28H36FN3O/c1-2-3-4-5-6-7-8-9-14-19-31-26-18-13-11-16-24(26)30-28(31)22-20-27(33)32(21-22)25-17-12-10-15-23(25)29/h10-13,15-18,22H,2-9,14,19-21H2,1H3. The number of halogens is 1. The van der Waals surface area contributed by atoms with E-state index < -0.39 is 0 Å². The van der Waals surface area contributed by atoms with Crippen molar-refractivity contribution in [3.8, 4) is 0 Å². The summed E-state index contributed by atoms with van der Waals surface area (Å²) in [7, 11) is 0. The minimum absolute atomic E-state index is 0.0249. The highest BCUT2D eigenvalue weighted by Gasteiger charge is 2.35. The number of hydrogen-bond donors (Lipinski definition) is 0. The maximum atomic E-state index is 14.3. The number of para-hydroxylation sites is 3. The van der Waals surface area contributed by atoms with E-state index in [0.29, 0.717) is 18.7 Å². The number of fused-ring (bicyclic) bond motifs is 1. The van der Waals surface area contributed by atoms with E-state index >= 15 is 0 Å². The van der Waals surface area contributed by atoms with Gasteiger partial charge in [0, 0.05) is 25.4 Å². The first-order chi connectivity index (χ1) is 16.2. The van der Waals surface area contributed by atoms with Crippen LogP contribution in [0.1, 0.15) is 82.9 Å². The van der Waals surface area contributed by atoms with E-state index in [2.05, 4.69) is 17.6 Å². The first kappa shape index (κ1) is 23.5. The zero-order valence-electron chi connectivity index (χ0n) is 19.8. The molecule has 0 spiro atoms. The van der Waals surface area contributed by atoms with Gasteiger partial charge in [-0.25, -0.2) is 9.37 Å². The molecule has 0 aliphatic carbocycles. The Morgan fingerprint density at radius 3 is 2.33 bits per heavy atom. The van der Waals surface area contributed by atoms with Crippen LogP contribution in [-0.4, -0.2) is 22.0 Å². The van der Waals surface area contributed by atoms with E-state index in [1.807, 2.05) is 18.2 Å². The van der Waals surface area contributed by atoms with Crippen LogP contribution in [0.3, 0.4) is 0 Å². The average Bonchev–Trinajstić information content (AvgIpc) is 3.39. The van der Waals surface area contributed by atoms with Gasteiger partial charge in [-0.05, 0) is 30.7 Å². The van der Waals surface area contributed by atoms with E-state index in [4.69, 9.17) is 4.98 Å². The Bertz CT molecular complexity index is 1060. The molecular weight excluding hydrogens is 413 g/mol. The summed E-state index contributed by atoms with van der Waals surface area (Å²) in [5.74, 6) is 0.549. The van der Waals surface area contributed by atoms with Crippen molar-refractivity contribution in [2.75, 3.05) is 11.4 Å². The first-order valence-electron chi connectivity index (χ1n) is 12.7. The molecule has 1 fully saturated rings. The van der Waals surface area contributed by atoms with Gasteiger partial charge >= 0.3 is 0 Å². The zero-order chi connectivity index (χ0) is 23.0. The molecule has 5 heteroatoms. The van der Waals surface area contributed by atoms with Crippen LogP contribution >= 0.6 is 0 Å². The predicted octanol–water partition coefficient (Wildman–Crippen LogP) is 7.23. The molecule has 1 aliphatic rings. The topological polar surface area (TPSA) is 38.1 Å². The molecule has 0 saturated carbocycles. The number of rotatable bonds is 12. The van der Waals surface area contributed by atoms with Crippen LogP contribution in [-0.2, 0) is 11.3 Å². The molecule has 1 atom stereocenters. The lowest BCUT2D eigenvalue weighted by atomic mass is 10.1. The summed E-state index contributed by atoms with van der Waals surface area (Å²) < 4.78 is 16.6. The molecule has 0 N–H and O–H groups in total. The van der Waals surface area contributed by atoms with Crippen LogP contribution in [0, 0.1) is 5.82 Å². The van der Waals surface area contributed by atoms with Gasteiger partial charge in [0.05, 0.1) is 16.7 Å². The number of unbranched alkanes of at least 4 members (excludes halogenated alkanes) is 8. The van der Waals surface area contributed by atoms with Crippen LogP contribution < -0.4 is 4.90 Å². The summed E-state index contributed by atoms with van der Waals surface area (Å²) in [5, 5.41) is 0. The molecule has 2 aromatic carbocycles. The van der Waals surface area contributed by atoms with Crippen molar-refractivity contribution < 1.29 is 9.18 Å². The SMILES string of the molecule is CCCCCCCCCCCn1c(C2CC(=O)N(c3ccccc3F)C2)nc2ccccc21. The highest BCUT2D eigenvalue weighted by molar-refractivity contribution is 5.96. The fourth-order valence-corrected chi connectivity index (χ4v) is 5.01. The number of carbonyl (C=O) groups excluding carboxylic acids is 1. The molecule has 1 aliphatic heterocycles. The van der Waals surface area contributed by atoms with Crippen LogP contribution in [0.25, 0.3) is 11.0 Å². The second-order valence-corrected chi connectivity index (χ2v) is 9.30. The minimum Gasteiger partial charge on any atom is -0.328 e. The summed E-state index contributed by atoms with van der Waals surface area (Å²) in [6.45, 7) is 3.64. The number of anilines is 1. The summed E-state index contributed by atoms with van der Waals surface area (Å²) in [6, 6.07) is 14.7. The zero-order valence-corrected chi connectivity index (χ0v) is 19.8. The van der Waals surface area contributed by atoms with E-state index in [0.717, 1.165) is 29.8 Å². The molecule has 2 heterocycles. The Hall–Kier alpha value is -2.69. The molecular formula is C28H36FN3O. The Morgan fingerprint density at radius 2 is 1.58 bits per heavy atom. The fraction of sp³-hybridized carbons (Fsp3) is 0.500. The van der Waals surface area contributed by atoms with E-state index in [1.165, 1.54) is 57.4 Å². The van der Waals surface area contributed by atoms with Crippen LogP contribution in [0.4, 0.5) is 10.1 Å². The molecule has 0 bridgehead atoms. The van der Waals surface area contributed by atoms with Gasteiger partial charge in [-0.15, -0.1) is 0 Å². The van der Waals surface area contributed by atoms with Gasteiger partial charge in [0.15, 0.2) is 0 Å². The minimum atomic E-state index is -0.352. The number of imidazole rings is 1. The molecule has 1 saturated heterocycles. The first-order valence-corrected chi connectivity index (χ1v) is 12.7. The number of amides is 1. The van der Waals surface area contributed by atoms with Crippen molar-refractivity contribution in [1.29, 1.82) is 0 Å². The number of nitrogens with zero attached hydrogens (tertiary/aromatic N) is 3. The van der Waals surface area contributed by atoms with Gasteiger partial charge in [0.25, 0.3) is 0 Å². The van der Waals surface area contributed by atoms with Gasteiger partial charge < -0.3 is 9.47 Å². The van der Waals surface area contributed by atoms with Crippen molar-refractivity contribution in [3.05, 3.63) is 60.2 Å². The molecule has 4 rings (SSSR count). The highest BCUT2D eigenvalue weighted by Crippen LogP contribution is 2.34. The third-order valence-electron chi connectivity index (χ3n) is 6.80. The third-order valence-corrected chi connectivity index (χ3v) is 6.80. The lowest BCUT2D eigenvalue weighted by Gasteiger charge is -2.18. The highest BCUT2D eigenvalue weighted by atomic mass is 19.1. The molecule has 1 amide bonds. The lowest BCUT2D eigenvalue weighted by molar-refractivity contribution is -0.117. The summed E-state index contributed by atoms with van der Waals surface area (Å²) >= 11 is 0. The van der Waals surface area contributed by atoms with Crippen molar-refractivity contribution in [1.82, 2.24) is 9.55 Å². The molecule has 1 aromatic heterocycles. The molecule has 1 unspecified atom stereocenters. The van der Waals surface area contributed by atoms with Crippen molar-refractivity contribution in [2.45, 2.75) is 83.6 Å². The largest absolute Gasteiger partial charge is 0.328 e. The number of aryl methyl sites for hydroxylation is 1. The van der Waals surface area contributed by atoms with Crippen molar-refractivity contribution in [3.63, 3.8) is 0 Å². The van der Waals surface area contributed by atoms with Gasteiger partial charge in [-0.1, -0.05) is 82.6 Å². The Morgan fingerprint density at radius 1 is 0.909 bits per heavy atom. The fourth-order valence-electron chi connectivity index (χ4n) is 5.01. The second-order valence-electron chi connectivity index (χ2n) is 9.30. The number of benzene rings is 2. The van der Waals surface area contributed by atoms with Gasteiger partial charge in [0.2, 0.25) is 5.91 Å². The summed E-state index contributed by atoms with van der Waals surface area (Å²) in [6.07, 6.45) is 12.0. The monoisotopic (exact) mass is 449 g/mol. The Labute approximate surface area is 196 Å². The molecule has 0 radical (unpaired) electrons. The van der Waals surface area contributed by atoms with E-state index in [1.54, 1.807) is 23.1 Å². The predicted molar refractivity (Wildman–Crippen MR) is 133 cm³/mol. The number of hydrogen-bond acceptors (Lipinski definition) is 2. The second kappa shape index (κ2) is 11.4. The van der Waals surface area contributed by atoms with Crippen molar-refractivity contribution in [2.24, 2.45) is 0 Å². The van der Waals surface area contributed by atoms with E-state index in [9.17, 15) is 9.18 Å². The maximum absolute atomic E-state index is 14.3. The molecule has 33 heavy (non-hydrogen) atoms. The normalized spacial score (nSPS) is 16.2.